The van der Waals surface area contributed by atoms with Crippen molar-refractivity contribution in [2.75, 3.05) is 20.3 Å². The van der Waals surface area contributed by atoms with Crippen LogP contribution in [0.25, 0.3) is 0 Å². The van der Waals surface area contributed by atoms with Crippen molar-refractivity contribution in [1.29, 1.82) is 0 Å². The van der Waals surface area contributed by atoms with Gasteiger partial charge in [0.15, 0.2) is 5.78 Å². The molecule has 0 unspecified atom stereocenters. The van der Waals surface area contributed by atoms with Gasteiger partial charge in [0.1, 0.15) is 18.4 Å². The summed E-state index contributed by atoms with van der Waals surface area (Å²) in [6.07, 6.45) is 4.64. The minimum atomic E-state index is -0.928. The maximum atomic E-state index is 13.3. The number of halogens is 1. The van der Waals surface area contributed by atoms with Gasteiger partial charge in [0.25, 0.3) is 0 Å². The van der Waals surface area contributed by atoms with E-state index < -0.39 is 29.9 Å². The van der Waals surface area contributed by atoms with E-state index in [-0.39, 0.29) is 55.9 Å². The summed E-state index contributed by atoms with van der Waals surface area (Å²) >= 11 is 0. The monoisotopic (exact) mass is 537 g/mol. The largest absolute Gasteiger partial charge is 1.00 e. The molecule has 12 heteroatoms. The zero-order chi connectivity index (χ0) is 26.5. The molecule has 2 aliphatic rings. The predicted molar refractivity (Wildman–Crippen MR) is 133 cm³/mol. The standard InChI is InChI=1S/C25H35N5O6.ClH/c1-16(31)29-21-14-17-8-10-19(11-9-17)36-13-4-3-7-20(24(34)35-2)30-23(33)18(15-22(21)32)6-5-12-28-25(26)27;/h3-4,8-11,18,20-21H,5-7,12-15H2,1-2H3,(H,29,31)(H,30,33)(H4,26,27,28);1H/t18-,20-,21+;/m1./s1. The SMILES string of the molecule is COC(=O)[C@H]1CC=CCOc2ccc(cc2)C[C@H](NC(C)=O)C(=O)C[C@@H](CCC[NH+]=C(N)N)C(=O)N1.[Cl-]. The molecular weight excluding hydrogens is 502 g/mol. The molecule has 0 spiro atoms. The number of benzene rings is 1. The minimum absolute atomic E-state index is 0. The molecule has 0 aliphatic carbocycles. The Balaban J connectivity index is 0.00000684. The Labute approximate surface area is 222 Å². The van der Waals surface area contributed by atoms with E-state index in [1.54, 1.807) is 24.3 Å². The quantitative estimate of drug-likeness (QED) is 0.0791. The van der Waals surface area contributed by atoms with Crippen molar-refractivity contribution < 1.29 is 46.1 Å². The van der Waals surface area contributed by atoms with E-state index in [0.717, 1.165) is 5.56 Å². The molecule has 0 saturated heterocycles. The van der Waals surface area contributed by atoms with E-state index >= 15 is 0 Å². The number of fused-ring (bicyclic) bond motifs is 13. The number of rotatable bonds is 6. The number of Topliss-reactive ketones (excluding diaryl/α,β-unsaturated/α-hetero) is 1. The molecule has 2 amide bonds. The molecule has 7 N–H and O–H groups in total. The molecule has 2 heterocycles. The molecule has 0 saturated carbocycles. The maximum absolute atomic E-state index is 13.3. The summed E-state index contributed by atoms with van der Waals surface area (Å²) in [4.78, 5) is 53.4. The van der Waals surface area contributed by atoms with Gasteiger partial charge in [-0.05, 0) is 43.4 Å². The highest BCUT2D eigenvalue weighted by Gasteiger charge is 2.30. The summed E-state index contributed by atoms with van der Waals surface area (Å²) in [7, 11) is 1.24. The Morgan fingerprint density at radius 2 is 1.86 bits per heavy atom. The smallest absolute Gasteiger partial charge is 0.338 e. The Morgan fingerprint density at radius 1 is 1.16 bits per heavy atom. The van der Waals surface area contributed by atoms with Crippen molar-refractivity contribution in [3.63, 3.8) is 0 Å². The molecule has 1 aromatic rings. The number of esters is 1. The van der Waals surface area contributed by atoms with Crippen molar-refractivity contribution >= 4 is 29.5 Å². The first-order chi connectivity index (χ1) is 17.2. The van der Waals surface area contributed by atoms with Crippen molar-refractivity contribution in [3.8, 4) is 5.75 Å². The minimum Gasteiger partial charge on any atom is -1.00 e. The lowest BCUT2D eigenvalue weighted by Gasteiger charge is -2.23. The number of ether oxygens (including phenoxy) is 2. The molecule has 2 bridgehead atoms. The highest BCUT2D eigenvalue weighted by Crippen LogP contribution is 2.18. The van der Waals surface area contributed by atoms with Gasteiger partial charge in [-0.3, -0.25) is 30.8 Å². The highest BCUT2D eigenvalue weighted by atomic mass is 35.5. The zero-order valence-electron chi connectivity index (χ0n) is 21.1. The van der Waals surface area contributed by atoms with Crippen LogP contribution in [0.3, 0.4) is 0 Å². The van der Waals surface area contributed by atoms with Gasteiger partial charge in [0.2, 0.25) is 11.8 Å². The fourth-order valence-corrected chi connectivity index (χ4v) is 3.83. The lowest BCUT2D eigenvalue weighted by atomic mass is 9.90. The number of nitrogens with two attached hydrogens (primary N) is 2. The molecule has 2 aliphatic heterocycles. The molecule has 3 atom stereocenters. The average Bonchev–Trinajstić information content (AvgIpc) is 2.84. The molecule has 0 aromatic heterocycles. The molecule has 11 nitrogen and oxygen atoms in total. The number of guanidine groups is 1. The van der Waals surface area contributed by atoms with Crippen molar-refractivity contribution in [1.82, 2.24) is 10.6 Å². The van der Waals surface area contributed by atoms with Crippen LogP contribution >= 0.6 is 0 Å². The Morgan fingerprint density at radius 3 is 2.49 bits per heavy atom. The second-order valence-corrected chi connectivity index (χ2v) is 8.60. The molecule has 204 valence electrons. The van der Waals surface area contributed by atoms with Crippen molar-refractivity contribution in [2.45, 2.75) is 51.1 Å². The van der Waals surface area contributed by atoms with Crippen LogP contribution in [0, 0.1) is 5.92 Å². The van der Waals surface area contributed by atoms with Crippen LogP contribution in [0.2, 0.25) is 0 Å². The second-order valence-electron chi connectivity index (χ2n) is 8.60. The van der Waals surface area contributed by atoms with Crippen LogP contribution < -0.4 is 44.2 Å². The summed E-state index contributed by atoms with van der Waals surface area (Å²) < 4.78 is 10.5. The van der Waals surface area contributed by atoms with Gasteiger partial charge in [-0.2, -0.15) is 0 Å². The topological polar surface area (TPSA) is 177 Å². The molecule has 37 heavy (non-hydrogen) atoms. The molecule has 0 fully saturated rings. The van der Waals surface area contributed by atoms with E-state index in [1.807, 2.05) is 12.1 Å². The van der Waals surface area contributed by atoms with Crippen molar-refractivity contribution in [3.05, 3.63) is 42.0 Å². The average molecular weight is 538 g/mol. The van der Waals surface area contributed by atoms with Crippen LogP contribution in [-0.4, -0.2) is 61.9 Å². The van der Waals surface area contributed by atoms with Crippen molar-refractivity contribution in [2.24, 2.45) is 17.4 Å². The van der Waals surface area contributed by atoms with Gasteiger partial charge in [-0.15, -0.1) is 0 Å². The molecule has 0 radical (unpaired) electrons. The van der Waals surface area contributed by atoms with Crippen LogP contribution in [0.1, 0.15) is 38.2 Å². The number of amides is 2. The first-order valence-electron chi connectivity index (χ1n) is 11.9. The van der Waals surface area contributed by atoms with Gasteiger partial charge in [-0.25, -0.2) is 4.79 Å². The predicted octanol–water partition coefficient (Wildman–Crippen LogP) is -4.56. The van der Waals surface area contributed by atoms with E-state index in [2.05, 4.69) is 15.6 Å². The Hall–Kier alpha value is -3.60. The lowest BCUT2D eigenvalue weighted by molar-refractivity contribution is -0.459. The number of nitrogens with one attached hydrogen (secondary N) is 3. The summed E-state index contributed by atoms with van der Waals surface area (Å²) in [6, 6.07) is 5.49. The molecular formula is C25H36ClN5O6. The van der Waals surface area contributed by atoms with Crippen LogP contribution in [-0.2, 0) is 30.3 Å². The third kappa shape index (κ3) is 11.3. The highest BCUT2D eigenvalue weighted by molar-refractivity contribution is 5.93. The van der Waals surface area contributed by atoms with E-state index in [4.69, 9.17) is 20.9 Å². The zero-order valence-corrected chi connectivity index (χ0v) is 21.9. The fourth-order valence-electron chi connectivity index (χ4n) is 3.83. The summed E-state index contributed by atoms with van der Waals surface area (Å²) in [5.41, 5.74) is 11.7. The van der Waals surface area contributed by atoms with Crippen LogP contribution in [0.5, 0.6) is 5.75 Å². The first-order valence-corrected chi connectivity index (χ1v) is 11.9. The molecule has 3 rings (SSSR count). The Bertz CT molecular complexity index is 978. The number of carbonyl (C=O) groups excluding carboxylic acids is 4. The summed E-state index contributed by atoms with van der Waals surface area (Å²) in [5, 5.41) is 5.41. The third-order valence-corrected chi connectivity index (χ3v) is 5.69. The van der Waals surface area contributed by atoms with Gasteiger partial charge in [0.05, 0.1) is 19.7 Å². The van der Waals surface area contributed by atoms with Gasteiger partial charge in [0, 0.05) is 19.3 Å². The third-order valence-electron chi connectivity index (χ3n) is 5.69. The summed E-state index contributed by atoms with van der Waals surface area (Å²) in [6.45, 7) is 2.01. The van der Waals surface area contributed by atoms with Crippen LogP contribution in [0.15, 0.2) is 36.4 Å². The van der Waals surface area contributed by atoms with Gasteiger partial charge >= 0.3 is 11.9 Å². The summed E-state index contributed by atoms with van der Waals surface area (Å²) in [5.74, 6) is -1.75. The number of carbonyl (C=O) groups is 4. The number of hydrogen-bond donors (Lipinski definition) is 5. The normalized spacial score (nSPS) is 20.4. The van der Waals surface area contributed by atoms with Gasteiger partial charge < -0.3 is 32.5 Å². The Kier molecular flexibility index (Phi) is 13.8. The van der Waals surface area contributed by atoms with Crippen LogP contribution in [0.4, 0.5) is 0 Å². The number of ketones is 1. The van der Waals surface area contributed by atoms with E-state index in [9.17, 15) is 19.2 Å². The second kappa shape index (κ2) is 16.2. The lowest BCUT2D eigenvalue weighted by Crippen LogP contribution is -3.00. The maximum Gasteiger partial charge on any atom is 0.338 e. The van der Waals surface area contributed by atoms with Gasteiger partial charge in [-0.1, -0.05) is 24.3 Å². The number of methoxy groups -OCH3 is 1. The fraction of sp³-hybridized carbons (Fsp3) is 0.480. The first kappa shape index (κ1) is 31.4. The molecule has 1 aromatic carbocycles. The van der Waals surface area contributed by atoms with E-state index in [0.29, 0.717) is 25.1 Å². The number of hydrogen-bond acceptors (Lipinski definition) is 6. The van der Waals surface area contributed by atoms with E-state index in [1.165, 1.54) is 14.0 Å².